The Kier molecular flexibility index (Phi) is 6.40. The third-order valence-electron chi connectivity index (χ3n) is 4.89. The number of fused-ring (bicyclic) bond motifs is 1. The van der Waals surface area contributed by atoms with Crippen LogP contribution in [-0.4, -0.2) is 74.2 Å². The van der Waals surface area contributed by atoms with Gasteiger partial charge in [-0.25, -0.2) is 8.42 Å². The number of aliphatic hydroxyl groups excluding tert-OH is 1. The zero-order chi connectivity index (χ0) is 22.1. The van der Waals surface area contributed by atoms with Crippen molar-refractivity contribution in [3.05, 3.63) is 24.3 Å². The van der Waals surface area contributed by atoms with Gasteiger partial charge in [0.15, 0.2) is 11.8 Å². The van der Waals surface area contributed by atoms with Gasteiger partial charge in [-0.15, -0.1) is 5.92 Å². The average molecular weight is 439 g/mol. The van der Waals surface area contributed by atoms with E-state index in [4.69, 9.17) is 18.9 Å². The van der Waals surface area contributed by atoms with Crippen LogP contribution in [0.2, 0.25) is 0 Å². The van der Waals surface area contributed by atoms with Crippen LogP contribution in [0.3, 0.4) is 0 Å². The van der Waals surface area contributed by atoms with E-state index in [1.165, 1.54) is 31.4 Å². The topological polar surface area (TPSA) is 112 Å². The number of rotatable bonds is 5. The van der Waals surface area contributed by atoms with Gasteiger partial charge in [0, 0.05) is 6.54 Å². The molecule has 10 heteroatoms. The Morgan fingerprint density at radius 3 is 2.50 bits per heavy atom. The summed E-state index contributed by atoms with van der Waals surface area (Å²) in [4.78, 5) is 12.5. The minimum atomic E-state index is -4.16. The first-order chi connectivity index (χ1) is 14.1. The van der Waals surface area contributed by atoms with Crippen LogP contribution in [0.25, 0.3) is 0 Å². The van der Waals surface area contributed by atoms with Crippen LogP contribution in [0.5, 0.6) is 5.75 Å². The predicted molar refractivity (Wildman–Crippen MR) is 105 cm³/mol. The van der Waals surface area contributed by atoms with Crippen LogP contribution in [0.15, 0.2) is 29.2 Å². The second-order valence-electron chi connectivity index (χ2n) is 7.36. The van der Waals surface area contributed by atoms with E-state index in [1.807, 2.05) is 0 Å². The number of aliphatic hydroxyl groups is 1. The smallest absolute Gasteiger partial charge is 0.327 e. The molecule has 9 nitrogen and oxygen atoms in total. The number of methoxy groups -OCH3 is 1. The standard InChI is InChI=1S/C20H25NO8S/c1-5-6-11-27-13-7-9-14(10-8-13)30(24,25)21-12-15(22)17-18(16(21)19(23)26-4)29-20(2,3)28-17/h7-10,15-18,22H,11-12H2,1-4H3/t15-,16+,17?,18?/m0/s1. The fourth-order valence-corrected chi connectivity index (χ4v) is 5.18. The van der Waals surface area contributed by atoms with Crippen molar-refractivity contribution in [2.45, 2.75) is 55.8 Å². The quantitative estimate of drug-likeness (QED) is 0.522. The summed E-state index contributed by atoms with van der Waals surface area (Å²) in [6, 6.07) is 4.43. The molecule has 0 aromatic heterocycles. The molecule has 0 aliphatic carbocycles. The molecule has 2 aliphatic heterocycles. The van der Waals surface area contributed by atoms with Crippen LogP contribution in [-0.2, 0) is 29.0 Å². The lowest BCUT2D eigenvalue weighted by Gasteiger charge is -2.40. The van der Waals surface area contributed by atoms with Gasteiger partial charge in [-0.3, -0.25) is 4.79 Å². The van der Waals surface area contributed by atoms with Gasteiger partial charge in [0.25, 0.3) is 0 Å². The SMILES string of the molecule is CC#CCOc1ccc(S(=O)(=O)N2C[C@H](O)C3OC(C)(C)OC3[C@@H]2C(=O)OC)cc1. The summed E-state index contributed by atoms with van der Waals surface area (Å²) in [5, 5.41) is 10.5. The molecule has 2 heterocycles. The number of esters is 1. The molecule has 1 aromatic carbocycles. The lowest BCUT2D eigenvalue weighted by atomic mass is 9.96. The van der Waals surface area contributed by atoms with Gasteiger partial charge in [-0.1, -0.05) is 5.92 Å². The van der Waals surface area contributed by atoms with E-state index in [0.717, 1.165) is 4.31 Å². The Labute approximate surface area is 175 Å². The van der Waals surface area contributed by atoms with Crippen LogP contribution in [0.4, 0.5) is 0 Å². The van der Waals surface area contributed by atoms with Crippen LogP contribution < -0.4 is 4.74 Å². The Balaban J connectivity index is 1.92. The number of benzene rings is 1. The molecule has 2 aliphatic rings. The molecule has 2 fully saturated rings. The molecule has 0 bridgehead atoms. The van der Waals surface area contributed by atoms with Crippen LogP contribution in [0.1, 0.15) is 20.8 Å². The van der Waals surface area contributed by atoms with Gasteiger partial charge >= 0.3 is 5.97 Å². The Hall–Kier alpha value is -2.16. The Bertz CT molecular complexity index is 947. The number of piperidine rings is 1. The number of ether oxygens (including phenoxy) is 4. The second kappa shape index (κ2) is 8.53. The maximum absolute atomic E-state index is 13.3. The molecule has 0 saturated carbocycles. The monoisotopic (exact) mass is 439 g/mol. The van der Waals surface area contributed by atoms with Gasteiger partial charge in [0.1, 0.15) is 24.6 Å². The maximum Gasteiger partial charge on any atom is 0.327 e. The zero-order valence-corrected chi connectivity index (χ0v) is 18.0. The summed E-state index contributed by atoms with van der Waals surface area (Å²) in [5.74, 6) is 4.03. The fraction of sp³-hybridized carbons (Fsp3) is 0.550. The van der Waals surface area contributed by atoms with Crippen molar-refractivity contribution in [1.29, 1.82) is 0 Å². The Morgan fingerprint density at radius 2 is 1.90 bits per heavy atom. The number of sulfonamides is 1. The summed E-state index contributed by atoms with van der Waals surface area (Å²) in [5.41, 5.74) is 0. The fourth-order valence-electron chi connectivity index (χ4n) is 3.58. The molecule has 4 atom stereocenters. The van der Waals surface area contributed by atoms with Gasteiger partial charge in [-0.05, 0) is 45.0 Å². The van der Waals surface area contributed by atoms with Crippen molar-refractivity contribution in [3.63, 3.8) is 0 Å². The molecule has 30 heavy (non-hydrogen) atoms. The van der Waals surface area contributed by atoms with Gasteiger partial charge in [0.05, 0.1) is 18.1 Å². The van der Waals surface area contributed by atoms with E-state index in [-0.39, 0.29) is 18.0 Å². The number of carbonyl (C=O) groups excluding carboxylic acids is 1. The number of nitrogens with zero attached hydrogens (tertiary/aromatic N) is 1. The maximum atomic E-state index is 13.3. The highest BCUT2D eigenvalue weighted by molar-refractivity contribution is 7.89. The largest absolute Gasteiger partial charge is 0.481 e. The second-order valence-corrected chi connectivity index (χ2v) is 9.25. The van der Waals surface area contributed by atoms with E-state index < -0.39 is 46.1 Å². The summed E-state index contributed by atoms with van der Waals surface area (Å²) < 4.78 is 49.3. The van der Waals surface area contributed by atoms with Crippen LogP contribution in [0, 0.1) is 11.8 Å². The number of hydrogen-bond donors (Lipinski definition) is 1. The third-order valence-corrected chi connectivity index (χ3v) is 6.75. The minimum Gasteiger partial charge on any atom is -0.481 e. The Morgan fingerprint density at radius 1 is 1.27 bits per heavy atom. The first kappa shape index (κ1) is 22.5. The third kappa shape index (κ3) is 4.31. The number of hydrogen-bond acceptors (Lipinski definition) is 8. The molecule has 3 rings (SSSR count). The summed E-state index contributed by atoms with van der Waals surface area (Å²) in [6.07, 6.45) is -3.05. The first-order valence-electron chi connectivity index (χ1n) is 9.36. The molecule has 1 aromatic rings. The highest BCUT2D eigenvalue weighted by Gasteiger charge is 2.58. The van der Waals surface area contributed by atoms with E-state index in [1.54, 1.807) is 20.8 Å². The number of carbonyl (C=O) groups is 1. The number of β-amino-alcohol motifs (C(OH)–C–C–N with tert-alkyl or cyclic N) is 1. The normalized spacial score (nSPS) is 28.2. The van der Waals surface area contributed by atoms with Crippen molar-refractivity contribution in [1.82, 2.24) is 4.31 Å². The molecular weight excluding hydrogens is 414 g/mol. The zero-order valence-electron chi connectivity index (χ0n) is 17.2. The van der Waals surface area contributed by atoms with Gasteiger partial charge in [0.2, 0.25) is 10.0 Å². The highest BCUT2D eigenvalue weighted by atomic mass is 32.2. The van der Waals surface area contributed by atoms with Crippen molar-refractivity contribution >= 4 is 16.0 Å². The molecule has 0 amide bonds. The lowest BCUT2D eigenvalue weighted by molar-refractivity contribution is -0.160. The van der Waals surface area contributed by atoms with E-state index >= 15 is 0 Å². The summed E-state index contributed by atoms with van der Waals surface area (Å²) in [6.45, 7) is 4.79. The average Bonchev–Trinajstić information content (AvgIpc) is 3.03. The van der Waals surface area contributed by atoms with Crippen molar-refractivity contribution < 1.29 is 37.3 Å². The van der Waals surface area contributed by atoms with Gasteiger partial charge in [-0.2, -0.15) is 4.31 Å². The molecule has 2 saturated heterocycles. The van der Waals surface area contributed by atoms with Gasteiger partial charge < -0.3 is 24.1 Å². The minimum absolute atomic E-state index is 0.0610. The lowest BCUT2D eigenvalue weighted by Crippen LogP contribution is -2.64. The van der Waals surface area contributed by atoms with Crippen LogP contribution >= 0.6 is 0 Å². The van der Waals surface area contributed by atoms with Crippen molar-refractivity contribution in [3.8, 4) is 17.6 Å². The molecule has 164 valence electrons. The molecule has 1 N–H and O–H groups in total. The molecule has 2 unspecified atom stereocenters. The van der Waals surface area contributed by atoms with E-state index in [9.17, 15) is 18.3 Å². The summed E-state index contributed by atoms with van der Waals surface area (Å²) in [7, 11) is -3.00. The predicted octanol–water partition coefficient (Wildman–Crippen LogP) is 0.516. The molecular formula is C20H25NO8S. The van der Waals surface area contributed by atoms with Crippen molar-refractivity contribution in [2.75, 3.05) is 20.3 Å². The molecule has 0 radical (unpaired) electrons. The summed E-state index contributed by atoms with van der Waals surface area (Å²) >= 11 is 0. The van der Waals surface area contributed by atoms with E-state index in [2.05, 4.69) is 11.8 Å². The molecule has 0 spiro atoms. The first-order valence-corrected chi connectivity index (χ1v) is 10.8. The van der Waals surface area contributed by atoms with Crippen molar-refractivity contribution in [2.24, 2.45) is 0 Å². The highest BCUT2D eigenvalue weighted by Crippen LogP contribution is 2.39. The van der Waals surface area contributed by atoms with E-state index in [0.29, 0.717) is 5.75 Å².